The van der Waals surface area contributed by atoms with Crippen molar-refractivity contribution >= 4 is 11.5 Å². The summed E-state index contributed by atoms with van der Waals surface area (Å²) < 4.78 is 1.68. The predicted octanol–water partition coefficient (Wildman–Crippen LogP) is 0.278. The fraction of sp³-hybridized carbons (Fsp3) is 0.250. The Morgan fingerprint density at radius 1 is 1.86 bits per heavy atom. The molecule has 0 saturated carbocycles. The summed E-state index contributed by atoms with van der Waals surface area (Å²) in [5.41, 5.74) is 0. The van der Waals surface area contributed by atoms with Crippen LogP contribution in [0, 0.1) is 0 Å². The van der Waals surface area contributed by atoms with Crippen molar-refractivity contribution in [2.75, 3.05) is 0 Å². The third-order valence-electron chi connectivity index (χ3n) is 0.759. The predicted molar refractivity (Wildman–Crippen MR) is 27.2 cm³/mol. The SMILES string of the molecule is C[n+]1sccc1O. The molecule has 0 atom stereocenters. The van der Waals surface area contributed by atoms with Gasteiger partial charge in [-0.05, 0) is 0 Å². The van der Waals surface area contributed by atoms with Crippen molar-refractivity contribution in [3.8, 4) is 5.88 Å². The Morgan fingerprint density at radius 3 is 2.71 bits per heavy atom. The molecule has 0 saturated heterocycles. The minimum Gasteiger partial charge on any atom is -0.459 e. The van der Waals surface area contributed by atoms with E-state index in [4.69, 9.17) is 5.11 Å². The largest absolute Gasteiger partial charge is 0.459 e. The Morgan fingerprint density at radius 2 is 2.57 bits per heavy atom. The molecule has 0 aliphatic carbocycles. The Bertz CT molecular complexity index is 144. The lowest BCUT2D eigenvalue weighted by atomic mass is 10.7. The molecule has 3 heteroatoms. The van der Waals surface area contributed by atoms with Crippen molar-refractivity contribution in [3.05, 3.63) is 11.4 Å². The molecule has 1 aromatic heterocycles. The first-order chi connectivity index (χ1) is 3.30. The zero-order valence-corrected chi connectivity index (χ0v) is 4.77. The van der Waals surface area contributed by atoms with Crippen LogP contribution in [0.2, 0.25) is 0 Å². The lowest BCUT2D eigenvalue weighted by molar-refractivity contribution is -0.608. The van der Waals surface area contributed by atoms with E-state index in [-0.39, 0.29) is 0 Å². The summed E-state index contributed by atoms with van der Waals surface area (Å²) in [6.45, 7) is 0. The van der Waals surface area contributed by atoms with E-state index in [1.807, 2.05) is 5.38 Å². The van der Waals surface area contributed by atoms with Gasteiger partial charge in [0.1, 0.15) is 11.5 Å². The van der Waals surface area contributed by atoms with Gasteiger partial charge >= 0.3 is 5.88 Å². The molecule has 0 aliphatic heterocycles. The van der Waals surface area contributed by atoms with Crippen LogP contribution < -0.4 is 3.96 Å². The number of hydrogen-bond acceptors (Lipinski definition) is 2. The molecule has 1 heterocycles. The third kappa shape index (κ3) is 0.718. The van der Waals surface area contributed by atoms with Crippen molar-refractivity contribution in [3.63, 3.8) is 0 Å². The highest BCUT2D eigenvalue weighted by molar-refractivity contribution is 6.99. The van der Waals surface area contributed by atoms with Gasteiger partial charge in [-0.2, -0.15) is 0 Å². The molecule has 0 fully saturated rings. The van der Waals surface area contributed by atoms with Crippen LogP contribution in [-0.2, 0) is 7.05 Å². The van der Waals surface area contributed by atoms with Crippen LogP contribution in [0.15, 0.2) is 11.4 Å². The topological polar surface area (TPSA) is 24.1 Å². The van der Waals surface area contributed by atoms with Crippen LogP contribution in [0.5, 0.6) is 5.88 Å². The highest BCUT2D eigenvalue weighted by atomic mass is 32.1. The summed E-state index contributed by atoms with van der Waals surface area (Å²) in [6, 6.07) is 1.66. The minimum absolute atomic E-state index is 0.324. The number of aromatic hydroxyl groups is 1. The average Bonchev–Trinajstić information content (AvgIpc) is 1.91. The lowest BCUT2D eigenvalue weighted by Crippen LogP contribution is -2.19. The molecule has 0 spiro atoms. The normalized spacial score (nSPS) is 9.29. The van der Waals surface area contributed by atoms with Crippen LogP contribution >= 0.6 is 11.5 Å². The van der Waals surface area contributed by atoms with E-state index in [2.05, 4.69) is 0 Å². The molecular formula is C4H6NOS+. The van der Waals surface area contributed by atoms with Crippen molar-refractivity contribution < 1.29 is 9.06 Å². The summed E-state index contributed by atoms with van der Waals surface area (Å²) >= 11 is 1.47. The smallest absolute Gasteiger partial charge is 0.379 e. The number of hydrogen-bond donors (Lipinski definition) is 1. The molecular weight excluding hydrogens is 110 g/mol. The van der Waals surface area contributed by atoms with Gasteiger partial charge in [0, 0.05) is 0 Å². The zero-order chi connectivity index (χ0) is 5.28. The summed E-state index contributed by atoms with van der Waals surface area (Å²) in [6.07, 6.45) is 0. The highest BCUT2D eigenvalue weighted by Gasteiger charge is 2.00. The summed E-state index contributed by atoms with van der Waals surface area (Å²) in [5.74, 6) is 0.324. The first-order valence-electron chi connectivity index (χ1n) is 1.93. The molecule has 0 aliphatic rings. The van der Waals surface area contributed by atoms with Gasteiger partial charge in [0.25, 0.3) is 0 Å². The van der Waals surface area contributed by atoms with Crippen molar-refractivity contribution in [1.82, 2.24) is 0 Å². The number of nitrogens with zero attached hydrogens (tertiary/aromatic N) is 1. The van der Waals surface area contributed by atoms with E-state index in [0.29, 0.717) is 5.88 Å². The van der Waals surface area contributed by atoms with Crippen LogP contribution in [0.3, 0.4) is 0 Å². The second kappa shape index (κ2) is 1.50. The second-order valence-corrected chi connectivity index (χ2v) is 2.29. The lowest BCUT2D eigenvalue weighted by Gasteiger charge is -1.72. The van der Waals surface area contributed by atoms with E-state index in [0.717, 1.165) is 0 Å². The quantitative estimate of drug-likeness (QED) is 0.484. The van der Waals surface area contributed by atoms with Gasteiger partial charge in [0.15, 0.2) is 7.05 Å². The minimum atomic E-state index is 0.324. The average molecular weight is 116 g/mol. The molecule has 1 rings (SSSR count). The van der Waals surface area contributed by atoms with Crippen LogP contribution in [-0.4, -0.2) is 5.11 Å². The maximum absolute atomic E-state index is 8.73. The fourth-order valence-corrected chi connectivity index (χ4v) is 0.876. The van der Waals surface area contributed by atoms with Gasteiger partial charge in [-0.15, -0.1) is 3.96 Å². The van der Waals surface area contributed by atoms with Gasteiger partial charge in [0.2, 0.25) is 0 Å². The van der Waals surface area contributed by atoms with Gasteiger partial charge in [-0.25, -0.2) is 0 Å². The number of aromatic nitrogens is 1. The van der Waals surface area contributed by atoms with Gasteiger partial charge in [-0.3, -0.25) is 0 Å². The maximum atomic E-state index is 8.73. The van der Waals surface area contributed by atoms with E-state index >= 15 is 0 Å². The monoisotopic (exact) mass is 116 g/mol. The van der Waals surface area contributed by atoms with Gasteiger partial charge in [-0.1, -0.05) is 0 Å². The fourth-order valence-electron chi connectivity index (χ4n) is 0.342. The van der Waals surface area contributed by atoms with Crippen molar-refractivity contribution in [1.29, 1.82) is 0 Å². The van der Waals surface area contributed by atoms with Crippen molar-refractivity contribution in [2.45, 2.75) is 0 Å². The molecule has 0 amide bonds. The Balaban J connectivity index is 3.12. The van der Waals surface area contributed by atoms with E-state index < -0.39 is 0 Å². The summed E-state index contributed by atoms with van der Waals surface area (Å²) in [7, 11) is 1.81. The van der Waals surface area contributed by atoms with Gasteiger partial charge in [0.05, 0.1) is 11.4 Å². The van der Waals surface area contributed by atoms with Crippen LogP contribution in [0.4, 0.5) is 0 Å². The molecule has 1 aromatic rings. The second-order valence-electron chi connectivity index (χ2n) is 1.26. The molecule has 0 aromatic carbocycles. The maximum Gasteiger partial charge on any atom is 0.379 e. The first kappa shape index (κ1) is 4.59. The molecule has 0 bridgehead atoms. The Labute approximate surface area is 45.8 Å². The zero-order valence-electron chi connectivity index (χ0n) is 3.96. The third-order valence-corrected chi connectivity index (χ3v) is 1.52. The van der Waals surface area contributed by atoms with Crippen molar-refractivity contribution in [2.24, 2.45) is 7.05 Å². The highest BCUT2D eigenvalue weighted by Crippen LogP contribution is 2.00. The Hall–Kier alpha value is -0.570. The molecule has 0 radical (unpaired) electrons. The number of aryl methyl sites for hydroxylation is 1. The van der Waals surface area contributed by atoms with E-state index in [1.54, 1.807) is 17.1 Å². The molecule has 2 nitrogen and oxygen atoms in total. The van der Waals surface area contributed by atoms with E-state index in [9.17, 15) is 0 Å². The molecule has 0 unspecified atom stereocenters. The molecule has 7 heavy (non-hydrogen) atoms. The van der Waals surface area contributed by atoms with E-state index in [1.165, 1.54) is 11.5 Å². The van der Waals surface area contributed by atoms with Crippen LogP contribution in [0.25, 0.3) is 0 Å². The summed E-state index contributed by atoms with van der Waals surface area (Å²) in [5, 5.41) is 10.6. The van der Waals surface area contributed by atoms with Crippen LogP contribution in [0.1, 0.15) is 0 Å². The number of rotatable bonds is 0. The van der Waals surface area contributed by atoms with Gasteiger partial charge < -0.3 is 5.11 Å². The summed E-state index contributed by atoms with van der Waals surface area (Å²) in [4.78, 5) is 0. The molecule has 38 valence electrons. The molecule has 1 N–H and O–H groups in total. The first-order valence-corrected chi connectivity index (χ1v) is 2.77. The Kier molecular flexibility index (Phi) is 0.982. The standard InChI is InChI=1S/C4H5NOS/c1-5-4(6)2-3-7-5/h2-3H,1H3/p+1.